The standard InChI is InChI=1S/C32H37ClN6O3S/c1-5-39-21(3)20(2)36-32(39)43-30-8-7-23(15-26(30)33)37-31-22(18-34)19-35-27-17-29(28(41-4)16-25(27)31)42-14-6-11-38-12-9-24(40)10-13-38/h7-8,15-17,19,24,40H,5-6,9-14H2,1-4H3,(H,35,37). The Labute approximate surface area is 261 Å². The second-order valence-corrected chi connectivity index (χ2v) is 12.1. The normalized spacial score (nSPS) is 14.2. The van der Waals surface area contributed by atoms with Crippen LogP contribution in [0.25, 0.3) is 10.9 Å². The number of hydrogen-bond donors (Lipinski definition) is 2. The number of likely N-dealkylation sites (tertiary alicyclic amines) is 1. The Kier molecular flexibility index (Phi) is 9.98. The summed E-state index contributed by atoms with van der Waals surface area (Å²) >= 11 is 8.27. The van der Waals surface area contributed by atoms with Crippen molar-refractivity contribution in [2.45, 2.75) is 62.7 Å². The average Bonchev–Trinajstić information content (AvgIpc) is 3.28. The van der Waals surface area contributed by atoms with Gasteiger partial charge in [0.05, 0.1) is 47.3 Å². The van der Waals surface area contributed by atoms with Crippen LogP contribution in [0.15, 0.2) is 46.6 Å². The van der Waals surface area contributed by atoms with Gasteiger partial charge in [0.2, 0.25) is 0 Å². The van der Waals surface area contributed by atoms with Crippen LogP contribution in [0.5, 0.6) is 11.5 Å². The number of hydrogen-bond acceptors (Lipinski definition) is 9. The lowest BCUT2D eigenvalue weighted by Gasteiger charge is -2.29. The van der Waals surface area contributed by atoms with Crippen LogP contribution in [-0.2, 0) is 6.54 Å². The molecule has 0 aliphatic carbocycles. The summed E-state index contributed by atoms with van der Waals surface area (Å²) < 4.78 is 14.0. The number of aliphatic hydroxyl groups is 1. The van der Waals surface area contributed by atoms with Crippen molar-refractivity contribution in [3.8, 4) is 17.6 Å². The van der Waals surface area contributed by atoms with Crippen LogP contribution >= 0.6 is 23.4 Å². The van der Waals surface area contributed by atoms with Crippen molar-refractivity contribution in [3.63, 3.8) is 0 Å². The number of fused-ring (bicyclic) bond motifs is 1. The van der Waals surface area contributed by atoms with Gasteiger partial charge in [0.15, 0.2) is 16.7 Å². The number of halogens is 1. The van der Waals surface area contributed by atoms with E-state index < -0.39 is 0 Å². The smallest absolute Gasteiger partial charge is 0.173 e. The molecular formula is C32H37ClN6O3S. The van der Waals surface area contributed by atoms with Gasteiger partial charge in [-0.15, -0.1) is 0 Å². The van der Waals surface area contributed by atoms with E-state index in [1.807, 2.05) is 37.3 Å². The summed E-state index contributed by atoms with van der Waals surface area (Å²) in [6, 6.07) is 11.7. The highest BCUT2D eigenvalue weighted by molar-refractivity contribution is 7.99. The molecule has 226 valence electrons. The van der Waals surface area contributed by atoms with Crippen LogP contribution in [-0.4, -0.2) is 64.0 Å². The maximum atomic E-state index is 9.90. The monoisotopic (exact) mass is 620 g/mol. The average molecular weight is 621 g/mol. The van der Waals surface area contributed by atoms with Crippen molar-refractivity contribution in [2.24, 2.45) is 0 Å². The Balaban J connectivity index is 1.34. The van der Waals surface area contributed by atoms with E-state index in [-0.39, 0.29) is 6.10 Å². The Morgan fingerprint density at radius 3 is 2.67 bits per heavy atom. The number of pyridine rings is 1. The number of nitrogens with zero attached hydrogens (tertiary/aromatic N) is 5. The number of nitriles is 1. The molecule has 2 N–H and O–H groups in total. The first-order valence-corrected chi connectivity index (χ1v) is 15.7. The predicted molar refractivity (Wildman–Crippen MR) is 171 cm³/mol. The van der Waals surface area contributed by atoms with Crippen molar-refractivity contribution >= 4 is 45.6 Å². The highest BCUT2D eigenvalue weighted by Crippen LogP contribution is 2.39. The van der Waals surface area contributed by atoms with Gasteiger partial charge in [0.25, 0.3) is 0 Å². The number of aliphatic hydroxyl groups excluding tert-OH is 1. The molecule has 0 unspecified atom stereocenters. The third-order valence-electron chi connectivity index (χ3n) is 7.85. The van der Waals surface area contributed by atoms with Gasteiger partial charge in [-0.25, -0.2) is 4.98 Å². The third-order valence-corrected chi connectivity index (χ3v) is 9.34. The summed E-state index contributed by atoms with van der Waals surface area (Å²) in [5, 5.41) is 25.2. The predicted octanol–water partition coefficient (Wildman–Crippen LogP) is 6.72. The fraction of sp³-hybridized carbons (Fsp3) is 0.406. The molecule has 11 heteroatoms. The number of aryl methyl sites for hydroxylation is 1. The maximum Gasteiger partial charge on any atom is 0.173 e. The summed E-state index contributed by atoms with van der Waals surface area (Å²) in [5.74, 6) is 1.17. The van der Waals surface area contributed by atoms with E-state index in [9.17, 15) is 10.4 Å². The molecule has 43 heavy (non-hydrogen) atoms. The van der Waals surface area contributed by atoms with Crippen molar-refractivity contribution in [1.82, 2.24) is 19.4 Å². The molecule has 0 radical (unpaired) electrons. The Hall–Kier alpha value is -3.49. The third kappa shape index (κ3) is 7.02. The van der Waals surface area contributed by atoms with E-state index in [2.05, 4.69) is 39.7 Å². The molecule has 1 aliphatic rings. The second-order valence-electron chi connectivity index (χ2n) is 10.6. The molecule has 0 atom stereocenters. The highest BCUT2D eigenvalue weighted by Gasteiger charge is 2.18. The second kappa shape index (κ2) is 13.9. The highest BCUT2D eigenvalue weighted by atomic mass is 35.5. The number of nitrogens with one attached hydrogen (secondary N) is 1. The fourth-order valence-electron chi connectivity index (χ4n) is 5.28. The van der Waals surface area contributed by atoms with Gasteiger partial charge in [-0.05, 0) is 64.3 Å². The van der Waals surface area contributed by atoms with E-state index in [0.29, 0.717) is 39.9 Å². The molecule has 2 aromatic heterocycles. The molecule has 1 fully saturated rings. The fourth-order valence-corrected chi connectivity index (χ4v) is 6.63. The lowest BCUT2D eigenvalue weighted by atomic mass is 10.1. The summed E-state index contributed by atoms with van der Waals surface area (Å²) in [5.41, 5.74) is 4.60. The first-order valence-electron chi connectivity index (χ1n) is 14.5. The van der Waals surface area contributed by atoms with Gasteiger partial charge in [0.1, 0.15) is 6.07 Å². The Bertz CT molecular complexity index is 1640. The molecule has 4 aromatic rings. The Morgan fingerprint density at radius 1 is 1.19 bits per heavy atom. The number of ether oxygens (including phenoxy) is 2. The van der Waals surface area contributed by atoms with Crippen molar-refractivity contribution in [2.75, 3.05) is 38.7 Å². The molecule has 1 aliphatic heterocycles. The first kappa shape index (κ1) is 31.0. The van der Waals surface area contributed by atoms with E-state index in [1.165, 1.54) is 11.8 Å². The van der Waals surface area contributed by atoms with Crippen LogP contribution in [0.3, 0.4) is 0 Å². The van der Waals surface area contributed by atoms with E-state index in [0.717, 1.165) is 78.0 Å². The first-order chi connectivity index (χ1) is 20.8. The summed E-state index contributed by atoms with van der Waals surface area (Å²) in [6.07, 6.45) is 3.90. The lowest BCUT2D eigenvalue weighted by molar-refractivity contribution is 0.0799. The molecule has 5 rings (SSSR count). The van der Waals surface area contributed by atoms with Gasteiger partial charge in [-0.3, -0.25) is 4.98 Å². The van der Waals surface area contributed by atoms with Crippen LogP contribution in [0.4, 0.5) is 11.4 Å². The van der Waals surface area contributed by atoms with E-state index in [4.69, 9.17) is 26.1 Å². The quantitative estimate of drug-likeness (QED) is 0.177. The molecule has 0 bridgehead atoms. The topological polar surface area (TPSA) is 108 Å². The minimum Gasteiger partial charge on any atom is -0.493 e. The van der Waals surface area contributed by atoms with Crippen molar-refractivity contribution in [3.05, 3.63) is 58.5 Å². The number of rotatable bonds is 11. The Morgan fingerprint density at radius 2 is 1.98 bits per heavy atom. The van der Waals surface area contributed by atoms with Gasteiger partial charge in [-0.2, -0.15) is 5.26 Å². The van der Waals surface area contributed by atoms with Gasteiger partial charge >= 0.3 is 0 Å². The number of imidazole rings is 1. The summed E-state index contributed by atoms with van der Waals surface area (Å²) in [4.78, 5) is 12.5. The molecular weight excluding hydrogens is 584 g/mol. The summed E-state index contributed by atoms with van der Waals surface area (Å²) in [7, 11) is 1.60. The largest absolute Gasteiger partial charge is 0.493 e. The van der Waals surface area contributed by atoms with Crippen LogP contribution in [0, 0.1) is 25.2 Å². The molecule has 3 heterocycles. The zero-order chi connectivity index (χ0) is 30.5. The molecule has 0 amide bonds. The molecule has 9 nitrogen and oxygen atoms in total. The number of anilines is 2. The SMILES string of the molecule is CCn1c(Sc2ccc(Nc3c(C#N)cnc4cc(OCCCN5CCC(O)CC5)c(OC)cc34)cc2Cl)nc(C)c1C. The van der Waals surface area contributed by atoms with Crippen LogP contribution < -0.4 is 14.8 Å². The zero-order valence-electron chi connectivity index (χ0n) is 25.0. The maximum absolute atomic E-state index is 9.90. The summed E-state index contributed by atoms with van der Waals surface area (Å²) in [6.45, 7) is 10.3. The number of benzene rings is 2. The van der Waals surface area contributed by atoms with Crippen molar-refractivity contribution < 1.29 is 14.6 Å². The minimum absolute atomic E-state index is 0.172. The van der Waals surface area contributed by atoms with Gasteiger partial charge in [0, 0.05) is 60.1 Å². The number of methoxy groups -OCH3 is 1. The molecule has 0 spiro atoms. The molecule has 1 saturated heterocycles. The van der Waals surface area contributed by atoms with Crippen molar-refractivity contribution in [1.29, 1.82) is 5.26 Å². The lowest BCUT2D eigenvalue weighted by Crippen LogP contribution is -2.36. The van der Waals surface area contributed by atoms with Gasteiger partial charge in [-0.1, -0.05) is 23.4 Å². The van der Waals surface area contributed by atoms with E-state index in [1.54, 1.807) is 13.3 Å². The minimum atomic E-state index is -0.172. The zero-order valence-corrected chi connectivity index (χ0v) is 26.6. The number of piperidine rings is 1. The molecule has 0 saturated carbocycles. The van der Waals surface area contributed by atoms with Crippen LogP contribution in [0.2, 0.25) is 5.02 Å². The number of aromatic nitrogens is 3. The van der Waals surface area contributed by atoms with Crippen LogP contribution in [0.1, 0.15) is 43.1 Å². The van der Waals surface area contributed by atoms with Gasteiger partial charge < -0.3 is 29.4 Å². The van der Waals surface area contributed by atoms with E-state index >= 15 is 0 Å². The molecule has 2 aromatic carbocycles.